The molecule has 2 atom stereocenters. The lowest BCUT2D eigenvalue weighted by molar-refractivity contribution is 0.240. The predicted molar refractivity (Wildman–Crippen MR) is 75.3 cm³/mol. The molecule has 1 saturated heterocycles. The molecule has 2 fully saturated rings. The fourth-order valence-electron chi connectivity index (χ4n) is 3.65. The van der Waals surface area contributed by atoms with Crippen molar-refractivity contribution in [3.05, 3.63) is 17.0 Å². The summed E-state index contributed by atoms with van der Waals surface area (Å²) in [5.74, 6) is 1.63. The Morgan fingerprint density at radius 3 is 2.84 bits per heavy atom. The van der Waals surface area contributed by atoms with Crippen molar-refractivity contribution in [3.8, 4) is 0 Å². The highest BCUT2D eigenvalue weighted by Crippen LogP contribution is 2.38. The van der Waals surface area contributed by atoms with Crippen LogP contribution in [0.5, 0.6) is 0 Å². The Balaban J connectivity index is 1.94. The van der Waals surface area contributed by atoms with Crippen LogP contribution < -0.4 is 4.90 Å². The summed E-state index contributed by atoms with van der Waals surface area (Å²) in [4.78, 5) is 10.7. The molecule has 1 aliphatic heterocycles. The van der Waals surface area contributed by atoms with E-state index in [1.807, 2.05) is 0 Å². The summed E-state index contributed by atoms with van der Waals surface area (Å²) in [6, 6.07) is 0.568. The van der Waals surface area contributed by atoms with E-state index in [0.717, 1.165) is 18.3 Å². The first-order chi connectivity index (χ1) is 9.31. The van der Waals surface area contributed by atoms with Crippen molar-refractivity contribution >= 4 is 17.4 Å². The Bertz CT molecular complexity index is 452. The topological polar surface area (TPSA) is 49.3 Å². The van der Waals surface area contributed by atoms with Crippen molar-refractivity contribution < 1.29 is 5.11 Å². The number of halogens is 1. The average Bonchev–Trinajstić information content (AvgIpc) is 2.46. The Morgan fingerprint density at radius 1 is 1.21 bits per heavy atom. The van der Waals surface area contributed by atoms with Crippen LogP contribution in [0.3, 0.4) is 0 Å². The molecule has 19 heavy (non-hydrogen) atoms. The van der Waals surface area contributed by atoms with E-state index in [4.69, 9.17) is 11.6 Å². The highest BCUT2D eigenvalue weighted by molar-refractivity contribution is 6.30. The molecule has 0 amide bonds. The molecule has 0 spiro atoms. The Labute approximate surface area is 118 Å². The molecule has 0 bridgehead atoms. The van der Waals surface area contributed by atoms with Crippen LogP contribution in [0.15, 0.2) is 6.33 Å². The van der Waals surface area contributed by atoms with Crippen molar-refractivity contribution in [2.24, 2.45) is 5.92 Å². The molecule has 2 aliphatic rings. The molecular weight excluding hydrogens is 262 g/mol. The Hall–Kier alpha value is -0.870. The van der Waals surface area contributed by atoms with E-state index in [1.54, 1.807) is 0 Å². The van der Waals surface area contributed by atoms with Crippen LogP contribution in [-0.4, -0.2) is 27.7 Å². The maximum Gasteiger partial charge on any atom is 0.140 e. The van der Waals surface area contributed by atoms with Gasteiger partial charge in [0.05, 0.1) is 12.2 Å². The molecule has 1 saturated carbocycles. The van der Waals surface area contributed by atoms with Gasteiger partial charge in [-0.15, -0.1) is 0 Å². The van der Waals surface area contributed by atoms with Crippen LogP contribution in [0.4, 0.5) is 5.82 Å². The Kier molecular flexibility index (Phi) is 3.89. The van der Waals surface area contributed by atoms with E-state index in [0.29, 0.717) is 16.8 Å². The summed E-state index contributed by atoms with van der Waals surface area (Å²) in [5, 5.41) is 9.91. The summed E-state index contributed by atoms with van der Waals surface area (Å²) in [5.41, 5.74) is 0.676. The molecule has 0 aromatic carbocycles. The van der Waals surface area contributed by atoms with E-state index >= 15 is 0 Å². The summed E-state index contributed by atoms with van der Waals surface area (Å²) in [7, 11) is 0. The standard InChI is InChI=1S/C14H20ClN3O/c15-13-11(8-19)14(17-9-16-13)18-7-3-5-10-4-1-2-6-12(10)18/h9-10,12,19H,1-8H2/t10-,12-/m1/s1. The monoisotopic (exact) mass is 281 g/mol. The van der Waals surface area contributed by atoms with Gasteiger partial charge in [0.1, 0.15) is 17.3 Å². The minimum absolute atomic E-state index is 0.0944. The van der Waals surface area contributed by atoms with Gasteiger partial charge in [-0.1, -0.05) is 24.4 Å². The fourth-order valence-corrected chi connectivity index (χ4v) is 3.84. The number of fused-ring (bicyclic) bond motifs is 1. The van der Waals surface area contributed by atoms with Gasteiger partial charge in [-0.25, -0.2) is 9.97 Å². The molecular formula is C14H20ClN3O. The van der Waals surface area contributed by atoms with E-state index in [2.05, 4.69) is 14.9 Å². The number of nitrogens with zero attached hydrogens (tertiary/aromatic N) is 3. The highest BCUT2D eigenvalue weighted by atomic mass is 35.5. The van der Waals surface area contributed by atoms with Crippen molar-refractivity contribution in [1.82, 2.24) is 9.97 Å². The van der Waals surface area contributed by atoms with Gasteiger partial charge in [0, 0.05) is 12.6 Å². The van der Waals surface area contributed by atoms with Gasteiger partial charge < -0.3 is 10.0 Å². The van der Waals surface area contributed by atoms with Crippen LogP contribution in [0, 0.1) is 5.92 Å². The SMILES string of the molecule is OCc1c(Cl)ncnc1N1CCC[C@H]2CCCC[C@H]21. The molecule has 0 unspecified atom stereocenters. The minimum atomic E-state index is -0.0944. The second-order valence-corrected chi connectivity index (χ2v) is 5.93. The van der Waals surface area contributed by atoms with Crippen LogP contribution in [0.25, 0.3) is 0 Å². The van der Waals surface area contributed by atoms with Gasteiger partial charge in [0.15, 0.2) is 0 Å². The number of aromatic nitrogens is 2. The first-order valence-corrected chi connectivity index (χ1v) is 7.56. The third-order valence-electron chi connectivity index (χ3n) is 4.54. The average molecular weight is 282 g/mol. The third-order valence-corrected chi connectivity index (χ3v) is 4.87. The summed E-state index contributed by atoms with van der Waals surface area (Å²) < 4.78 is 0. The van der Waals surface area contributed by atoms with Crippen LogP contribution in [-0.2, 0) is 6.61 Å². The number of aliphatic hydroxyl groups is 1. The molecule has 3 rings (SSSR count). The number of hydrogen-bond donors (Lipinski definition) is 1. The molecule has 1 aromatic rings. The van der Waals surface area contributed by atoms with Crippen molar-refractivity contribution in [2.75, 3.05) is 11.4 Å². The molecule has 1 aliphatic carbocycles. The lowest BCUT2D eigenvalue weighted by Gasteiger charge is -2.45. The van der Waals surface area contributed by atoms with Gasteiger partial charge in [-0.05, 0) is 31.6 Å². The maximum atomic E-state index is 9.53. The minimum Gasteiger partial charge on any atom is -0.391 e. The second-order valence-electron chi connectivity index (χ2n) is 5.57. The van der Waals surface area contributed by atoms with E-state index < -0.39 is 0 Å². The van der Waals surface area contributed by atoms with Crippen molar-refractivity contribution in [1.29, 1.82) is 0 Å². The van der Waals surface area contributed by atoms with Gasteiger partial charge in [-0.3, -0.25) is 0 Å². The zero-order valence-corrected chi connectivity index (χ0v) is 11.8. The van der Waals surface area contributed by atoms with Gasteiger partial charge in [-0.2, -0.15) is 0 Å². The molecule has 104 valence electrons. The number of aliphatic hydroxyl groups excluding tert-OH is 1. The van der Waals surface area contributed by atoms with Crippen LogP contribution in [0.1, 0.15) is 44.1 Å². The lowest BCUT2D eigenvalue weighted by Crippen LogP contribution is -2.47. The molecule has 0 radical (unpaired) electrons. The molecule has 1 aromatic heterocycles. The normalized spacial score (nSPS) is 27.2. The molecule has 5 heteroatoms. The zero-order valence-electron chi connectivity index (χ0n) is 11.1. The Morgan fingerprint density at radius 2 is 2.00 bits per heavy atom. The van der Waals surface area contributed by atoms with Crippen LogP contribution in [0.2, 0.25) is 5.15 Å². The highest BCUT2D eigenvalue weighted by Gasteiger charge is 2.35. The van der Waals surface area contributed by atoms with Gasteiger partial charge >= 0.3 is 0 Å². The lowest BCUT2D eigenvalue weighted by atomic mass is 9.78. The predicted octanol–water partition coefficient (Wildman–Crippen LogP) is 2.78. The van der Waals surface area contributed by atoms with Crippen LogP contribution >= 0.6 is 11.6 Å². The molecule has 4 nitrogen and oxygen atoms in total. The number of rotatable bonds is 2. The number of hydrogen-bond acceptors (Lipinski definition) is 4. The second kappa shape index (κ2) is 5.63. The van der Waals surface area contributed by atoms with Gasteiger partial charge in [0.2, 0.25) is 0 Å². The number of piperidine rings is 1. The zero-order chi connectivity index (χ0) is 13.2. The number of anilines is 1. The quantitative estimate of drug-likeness (QED) is 0.847. The van der Waals surface area contributed by atoms with Gasteiger partial charge in [0.25, 0.3) is 0 Å². The largest absolute Gasteiger partial charge is 0.391 e. The van der Waals surface area contributed by atoms with E-state index in [9.17, 15) is 5.11 Å². The fraction of sp³-hybridized carbons (Fsp3) is 0.714. The van der Waals surface area contributed by atoms with Crippen molar-refractivity contribution in [3.63, 3.8) is 0 Å². The third kappa shape index (κ3) is 2.43. The first kappa shape index (κ1) is 13.1. The first-order valence-electron chi connectivity index (χ1n) is 7.18. The molecule has 1 N–H and O–H groups in total. The molecule has 2 heterocycles. The summed E-state index contributed by atoms with van der Waals surface area (Å²) in [6.07, 6.45) is 9.24. The summed E-state index contributed by atoms with van der Waals surface area (Å²) in [6.45, 7) is 0.921. The van der Waals surface area contributed by atoms with E-state index in [1.165, 1.54) is 44.9 Å². The smallest absolute Gasteiger partial charge is 0.140 e. The van der Waals surface area contributed by atoms with E-state index in [-0.39, 0.29) is 6.61 Å². The maximum absolute atomic E-state index is 9.53. The summed E-state index contributed by atoms with van der Waals surface area (Å²) >= 11 is 6.09. The van der Waals surface area contributed by atoms with Crippen molar-refractivity contribution in [2.45, 2.75) is 51.2 Å².